The van der Waals surface area contributed by atoms with Gasteiger partial charge in [0.15, 0.2) is 0 Å². The molecule has 0 aliphatic rings. The topological polar surface area (TPSA) is 53.7 Å². The van der Waals surface area contributed by atoms with Crippen molar-refractivity contribution >= 4 is 0 Å². The van der Waals surface area contributed by atoms with Crippen molar-refractivity contribution in [2.24, 2.45) is 5.73 Å². The summed E-state index contributed by atoms with van der Waals surface area (Å²) in [6.07, 6.45) is 9.98. The van der Waals surface area contributed by atoms with E-state index in [1.807, 2.05) is 0 Å². The van der Waals surface area contributed by atoms with Gasteiger partial charge in [0, 0.05) is 0 Å². The summed E-state index contributed by atoms with van der Waals surface area (Å²) in [6.45, 7) is 2.24. The van der Waals surface area contributed by atoms with Gasteiger partial charge in [-0.1, -0.05) is 0 Å². The standard InChI is InChI=1S/C10H22N.3CH3O.Ti/c1-2-3-4-5-6-7-8-9-10-11;3*1-2;/h10H,2-9,11H2,1H3;3*1H3;/q;3*-1;+3. The summed E-state index contributed by atoms with van der Waals surface area (Å²) in [5.41, 5.74) is 6.16. The zero-order chi connectivity index (χ0) is 13.9. The van der Waals surface area contributed by atoms with Gasteiger partial charge in [-0.05, 0) is 0 Å². The molecule has 0 aromatic carbocycles. The Kier molecular flexibility index (Phi) is 11.7. The number of nitrogens with two attached hydrogens (primary N) is 1. The van der Waals surface area contributed by atoms with Gasteiger partial charge in [-0.3, -0.25) is 0 Å². The molecule has 110 valence electrons. The SMILES string of the molecule is CCCCCCCCC[CH](N)[Ti]([O]C)([O]C)[O]C. The average Bonchev–Trinajstić information content (AvgIpc) is 2.40. The molecule has 0 heterocycles. The van der Waals surface area contributed by atoms with Gasteiger partial charge in [0.25, 0.3) is 0 Å². The Hall–Kier alpha value is 0.554. The number of hydrogen-bond donors (Lipinski definition) is 1. The van der Waals surface area contributed by atoms with Gasteiger partial charge in [0.1, 0.15) is 0 Å². The number of unbranched alkanes of at least 4 members (excludes halogenated alkanes) is 6. The van der Waals surface area contributed by atoms with Crippen molar-refractivity contribution in [3.63, 3.8) is 0 Å². The second-order valence-electron chi connectivity index (χ2n) is 4.73. The van der Waals surface area contributed by atoms with Gasteiger partial charge in [-0.25, -0.2) is 0 Å². The summed E-state index contributed by atoms with van der Waals surface area (Å²) in [4.78, 5) is 0. The van der Waals surface area contributed by atoms with Crippen molar-refractivity contribution in [1.29, 1.82) is 0 Å². The van der Waals surface area contributed by atoms with Crippen LogP contribution in [0.15, 0.2) is 0 Å². The quantitative estimate of drug-likeness (QED) is 0.444. The molecule has 0 aliphatic carbocycles. The van der Waals surface area contributed by atoms with Crippen LogP contribution in [-0.4, -0.2) is 25.7 Å². The van der Waals surface area contributed by atoms with Crippen LogP contribution in [0.2, 0.25) is 0 Å². The van der Waals surface area contributed by atoms with Crippen LogP contribution in [-0.2, 0) is 27.7 Å². The number of hydrogen-bond acceptors (Lipinski definition) is 4. The van der Waals surface area contributed by atoms with Crippen molar-refractivity contribution in [2.45, 2.75) is 62.6 Å². The van der Waals surface area contributed by atoms with Crippen LogP contribution in [0.25, 0.3) is 0 Å². The molecule has 0 aromatic heterocycles. The summed E-state index contributed by atoms with van der Waals surface area (Å²) in [5, 5.41) is 0. The third-order valence-corrected chi connectivity index (χ3v) is 7.96. The van der Waals surface area contributed by atoms with Crippen molar-refractivity contribution in [3.8, 4) is 0 Å². The molecule has 0 saturated heterocycles. The Bertz CT molecular complexity index is 181. The first-order valence-corrected chi connectivity index (χ1v) is 9.89. The minimum absolute atomic E-state index is 0.0689. The van der Waals surface area contributed by atoms with Crippen LogP contribution >= 0.6 is 0 Å². The van der Waals surface area contributed by atoms with Gasteiger partial charge in [-0.15, -0.1) is 0 Å². The Labute approximate surface area is 117 Å². The van der Waals surface area contributed by atoms with Gasteiger partial charge < -0.3 is 0 Å². The summed E-state index contributed by atoms with van der Waals surface area (Å²) in [6, 6.07) is 0. The maximum absolute atomic E-state index is 6.16. The molecule has 0 spiro atoms. The minimum atomic E-state index is -3.16. The van der Waals surface area contributed by atoms with Crippen LogP contribution in [0, 0.1) is 0 Å². The summed E-state index contributed by atoms with van der Waals surface area (Å²) < 4.78 is 16.2. The Morgan fingerprint density at radius 1 is 0.833 bits per heavy atom. The third-order valence-electron chi connectivity index (χ3n) is 3.43. The van der Waals surface area contributed by atoms with E-state index < -0.39 is 17.8 Å². The van der Waals surface area contributed by atoms with Crippen molar-refractivity contribution in [3.05, 3.63) is 0 Å². The molecular formula is C13H31NO3Ti. The second kappa shape index (κ2) is 11.4. The normalized spacial score (nSPS) is 13.8. The monoisotopic (exact) mass is 297 g/mol. The van der Waals surface area contributed by atoms with Crippen LogP contribution in [0.4, 0.5) is 0 Å². The molecule has 0 aliphatic heterocycles. The molecule has 2 N–H and O–H groups in total. The fourth-order valence-electron chi connectivity index (χ4n) is 2.20. The predicted octanol–water partition coefficient (Wildman–Crippen LogP) is 3.25. The predicted molar refractivity (Wildman–Crippen MR) is 71.6 cm³/mol. The van der Waals surface area contributed by atoms with Crippen LogP contribution < -0.4 is 5.73 Å². The van der Waals surface area contributed by atoms with E-state index in [1.165, 1.54) is 38.5 Å². The van der Waals surface area contributed by atoms with E-state index in [4.69, 9.17) is 15.7 Å². The second-order valence-corrected chi connectivity index (χ2v) is 9.69. The zero-order valence-corrected chi connectivity index (χ0v) is 14.1. The Morgan fingerprint density at radius 3 is 1.72 bits per heavy atom. The summed E-state index contributed by atoms with van der Waals surface area (Å²) >= 11 is -3.16. The maximum atomic E-state index is 6.16. The molecule has 4 nitrogen and oxygen atoms in total. The van der Waals surface area contributed by atoms with Gasteiger partial charge in [0.05, 0.1) is 0 Å². The van der Waals surface area contributed by atoms with E-state index in [1.54, 1.807) is 21.3 Å². The molecule has 0 rings (SSSR count). The van der Waals surface area contributed by atoms with E-state index in [-0.39, 0.29) is 4.35 Å². The molecule has 5 heteroatoms. The molecule has 0 fully saturated rings. The third kappa shape index (κ3) is 6.64. The fraction of sp³-hybridized carbons (Fsp3) is 1.00. The first-order valence-electron chi connectivity index (χ1n) is 7.07. The van der Waals surface area contributed by atoms with Crippen molar-refractivity contribution in [1.82, 2.24) is 0 Å². The first-order chi connectivity index (χ1) is 8.66. The van der Waals surface area contributed by atoms with Gasteiger partial charge >= 0.3 is 117 Å². The van der Waals surface area contributed by atoms with E-state index >= 15 is 0 Å². The van der Waals surface area contributed by atoms with Gasteiger partial charge in [0.2, 0.25) is 0 Å². The average molecular weight is 297 g/mol. The summed E-state index contributed by atoms with van der Waals surface area (Å²) in [5.74, 6) is 0. The van der Waals surface area contributed by atoms with E-state index in [9.17, 15) is 0 Å². The van der Waals surface area contributed by atoms with E-state index in [0.717, 1.165) is 12.8 Å². The first kappa shape index (κ1) is 18.6. The summed E-state index contributed by atoms with van der Waals surface area (Å²) in [7, 11) is 4.91. The molecule has 1 atom stereocenters. The molecule has 0 radical (unpaired) electrons. The van der Waals surface area contributed by atoms with Gasteiger partial charge in [-0.2, -0.15) is 0 Å². The molecule has 0 saturated carbocycles. The fourth-order valence-corrected chi connectivity index (χ4v) is 5.27. The molecule has 1 unspecified atom stereocenters. The molecule has 0 amide bonds. The molecular weight excluding hydrogens is 266 g/mol. The zero-order valence-electron chi connectivity index (χ0n) is 12.5. The number of rotatable bonds is 12. The van der Waals surface area contributed by atoms with Crippen molar-refractivity contribution in [2.75, 3.05) is 21.3 Å². The van der Waals surface area contributed by atoms with E-state index in [0.29, 0.717) is 0 Å². The Morgan fingerprint density at radius 2 is 1.28 bits per heavy atom. The molecule has 0 aromatic rings. The van der Waals surface area contributed by atoms with Crippen LogP contribution in [0.3, 0.4) is 0 Å². The van der Waals surface area contributed by atoms with Crippen LogP contribution in [0.1, 0.15) is 58.3 Å². The van der Waals surface area contributed by atoms with Crippen molar-refractivity contribution < 1.29 is 27.7 Å². The van der Waals surface area contributed by atoms with E-state index in [2.05, 4.69) is 6.92 Å². The van der Waals surface area contributed by atoms with Crippen LogP contribution in [0.5, 0.6) is 0 Å². The Balaban J connectivity index is 3.71. The molecule has 18 heavy (non-hydrogen) atoms. The molecule has 0 bridgehead atoms.